The van der Waals surface area contributed by atoms with Crippen molar-refractivity contribution in [2.45, 2.75) is 6.54 Å². The largest absolute Gasteiger partial charge is 0.378 e. The molecule has 2 fully saturated rings. The van der Waals surface area contributed by atoms with E-state index in [0.29, 0.717) is 47.3 Å². The molecular formula is C32H33N5O5S2. The molecule has 2 aliphatic heterocycles. The predicted octanol–water partition coefficient (Wildman–Crippen LogP) is 4.38. The van der Waals surface area contributed by atoms with Crippen molar-refractivity contribution in [1.82, 2.24) is 9.88 Å². The maximum absolute atomic E-state index is 12.9. The van der Waals surface area contributed by atoms with E-state index in [1.54, 1.807) is 12.1 Å². The fourth-order valence-electron chi connectivity index (χ4n) is 5.13. The van der Waals surface area contributed by atoms with Crippen LogP contribution in [0.15, 0.2) is 78.2 Å². The van der Waals surface area contributed by atoms with Crippen LogP contribution in [0.2, 0.25) is 0 Å². The number of hydrogen-bond donors (Lipinski definition) is 2. The van der Waals surface area contributed by atoms with Crippen LogP contribution in [0.5, 0.6) is 0 Å². The van der Waals surface area contributed by atoms with Gasteiger partial charge in [-0.05, 0) is 54.1 Å². The van der Waals surface area contributed by atoms with E-state index in [-0.39, 0.29) is 23.3 Å². The summed E-state index contributed by atoms with van der Waals surface area (Å²) in [5.74, 6) is -0.108. The average Bonchev–Trinajstić information content (AvgIpc) is 3.55. The van der Waals surface area contributed by atoms with Crippen molar-refractivity contribution in [2.24, 2.45) is 0 Å². The number of morpholine rings is 1. The zero-order valence-corrected chi connectivity index (χ0v) is 25.7. The standard InChI is InChI=1S/C32H33N5O5S2/c38-30(33-26-7-1-23(2-8-26)21-36-15-19-44(40,41)20-16-36)25-5-3-24(4-6-25)29-22-43-32(35-29)31(39)34-27-9-11-28(12-10-27)37-13-17-42-18-14-37/h1-12,22H,13-21H2,(H,33,38)(H,34,39). The van der Waals surface area contributed by atoms with Gasteiger partial charge in [0.1, 0.15) is 0 Å². The van der Waals surface area contributed by atoms with Gasteiger partial charge in [0.15, 0.2) is 14.8 Å². The summed E-state index contributed by atoms with van der Waals surface area (Å²) >= 11 is 1.27. The van der Waals surface area contributed by atoms with E-state index < -0.39 is 9.84 Å². The van der Waals surface area contributed by atoms with Crippen molar-refractivity contribution in [3.05, 3.63) is 94.3 Å². The van der Waals surface area contributed by atoms with Crippen LogP contribution in [0.4, 0.5) is 17.1 Å². The number of aromatic nitrogens is 1. The summed E-state index contributed by atoms with van der Waals surface area (Å²) < 4.78 is 28.7. The lowest BCUT2D eigenvalue weighted by atomic mass is 10.1. The smallest absolute Gasteiger partial charge is 0.284 e. The fourth-order valence-corrected chi connectivity index (χ4v) is 7.13. The second-order valence-corrected chi connectivity index (χ2v) is 14.0. The summed E-state index contributed by atoms with van der Waals surface area (Å²) in [5, 5.41) is 8.02. The number of benzene rings is 3. The molecule has 2 saturated heterocycles. The van der Waals surface area contributed by atoms with Crippen LogP contribution in [-0.2, 0) is 21.1 Å². The Balaban J connectivity index is 1.01. The second kappa shape index (κ2) is 13.3. The molecule has 0 radical (unpaired) electrons. The Labute approximate surface area is 260 Å². The lowest BCUT2D eigenvalue weighted by Gasteiger charge is -2.28. The van der Waals surface area contributed by atoms with Crippen molar-refractivity contribution < 1.29 is 22.7 Å². The number of hydrogen-bond acceptors (Lipinski definition) is 9. The minimum absolute atomic E-state index is 0.199. The summed E-state index contributed by atoms with van der Waals surface area (Å²) in [6.07, 6.45) is 0. The highest BCUT2D eigenvalue weighted by molar-refractivity contribution is 7.91. The Bertz CT molecular complexity index is 1700. The topological polar surface area (TPSA) is 121 Å². The normalized spacial score (nSPS) is 16.8. The molecule has 0 bridgehead atoms. The number of anilines is 3. The Morgan fingerprint density at radius 2 is 1.41 bits per heavy atom. The van der Waals surface area contributed by atoms with Crippen molar-refractivity contribution in [3.8, 4) is 11.3 Å². The molecule has 6 rings (SSSR count). The van der Waals surface area contributed by atoms with Crippen LogP contribution in [0.25, 0.3) is 11.3 Å². The first-order valence-corrected chi connectivity index (χ1v) is 17.1. The molecule has 2 aliphatic rings. The third kappa shape index (κ3) is 7.51. The lowest BCUT2D eigenvalue weighted by molar-refractivity contribution is 0.101. The first-order valence-electron chi connectivity index (χ1n) is 14.4. The quantitative estimate of drug-likeness (QED) is 0.294. The number of ether oxygens (including phenoxy) is 1. The maximum Gasteiger partial charge on any atom is 0.284 e. The van der Waals surface area contributed by atoms with E-state index in [1.807, 2.05) is 66.0 Å². The number of carbonyl (C=O) groups excluding carboxylic acids is 2. The number of carbonyl (C=O) groups is 2. The molecular weight excluding hydrogens is 599 g/mol. The Kier molecular flexibility index (Phi) is 9.03. The summed E-state index contributed by atoms with van der Waals surface area (Å²) in [7, 11) is -2.90. The number of amides is 2. The second-order valence-electron chi connectivity index (χ2n) is 10.8. The molecule has 10 nitrogen and oxygen atoms in total. The van der Waals surface area contributed by atoms with Crippen molar-refractivity contribution in [3.63, 3.8) is 0 Å². The zero-order valence-electron chi connectivity index (χ0n) is 24.1. The minimum Gasteiger partial charge on any atom is -0.378 e. The van der Waals surface area contributed by atoms with Gasteiger partial charge in [-0.1, -0.05) is 24.3 Å². The van der Waals surface area contributed by atoms with Gasteiger partial charge in [0.25, 0.3) is 11.8 Å². The van der Waals surface area contributed by atoms with Gasteiger partial charge >= 0.3 is 0 Å². The fraction of sp³-hybridized carbons (Fsp3) is 0.281. The van der Waals surface area contributed by atoms with Gasteiger partial charge in [-0.2, -0.15) is 0 Å². The molecule has 0 spiro atoms. The van der Waals surface area contributed by atoms with E-state index in [9.17, 15) is 18.0 Å². The number of rotatable bonds is 8. The summed E-state index contributed by atoms with van der Waals surface area (Å²) in [4.78, 5) is 34.6. The molecule has 44 heavy (non-hydrogen) atoms. The molecule has 0 saturated carbocycles. The SMILES string of the molecule is O=C(Nc1ccc(CN2CCS(=O)(=O)CC2)cc1)c1ccc(-c2csc(C(=O)Nc3ccc(N4CCOCC4)cc3)n2)cc1. The summed E-state index contributed by atoms with van der Waals surface area (Å²) in [6, 6.07) is 22.5. The molecule has 0 atom stereocenters. The molecule has 2 N–H and O–H groups in total. The molecule has 0 aliphatic carbocycles. The van der Waals surface area contributed by atoms with E-state index >= 15 is 0 Å². The number of nitrogens with zero attached hydrogens (tertiary/aromatic N) is 3. The van der Waals surface area contributed by atoms with Crippen LogP contribution < -0.4 is 15.5 Å². The Morgan fingerprint density at radius 3 is 2.07 bits per heavy atom. The molecule has 3 heterocycles. The maximum atomic E-state index is 12.9. The highest BCUT2D eigenvalue weighted by atomic mass is 32.2. The van der Waals surface area contributed by atoms with Crippen LogP contribution in [-0.4, -0.2) is 81.0 Å². The van der Waals surface area contributed by atoms with Crippen LogP contribution in [0, 0.1) is 0 Å². The molecule has 4 aromatic rings. The third-order valence-electron chi connectivity index (χ3n) is 7.70. The van der Waals surface area contributed by atoms with Gasteiger partial charge in [-0.15, -0.1) is 11.3 Å². The van der Waals surface area contributed by atoms with Gasteiger partial charge in [-0.25, -0.2) is 13.4 Å². The first-order chi connectivity index (χ1) is 21.3. The van der Waals surface area contributed by atoms with E-state index in [2.05, 4.69) is 25.4 Å². The molecule has 0 unspecified atom stereocenters. The molecule has 1 aromatic heterocycles. The van der Waals surface area contributed by atoms with E-state index in [4.69, 9.17) is 4.74 Å². The molecule has 3 aromatic carbocycles. The first kappa shape index (κ1) is 29.9. The van der Waals surface area contributed by atoms with Gasteiger partial charge < -0.3 is 20.3 Å². The highest BCUT2D eigenvalue weighted by Crippen LogP contribution is 2.25. The summed E-state index contributed by atoms with van der Waals surface area (Å²) in [6.45, 7) is 4.89. The average molecular weight is 632 g/mol. The third-order valence-corrected chi connectivity index (χ3v) is 10.1. The molecule has 12 heteroatoms. The Hall–Kier alpha value is -4.10. The molecule has 2 amide bonds. The number of thiazole rings is 1. The van der Waals surface area contributed by atoms with Crippen molar-refractivity contribution in [1.29, 1.82) is 0 Å². The number of sulfone groups is 1. The minimum atomic E-state index is -2.90. The van der Waals surface area contributed by atoms with Gasteiger partial charge in [-0.3, -0.25) is 14.5 Å². The zero-order chi connectivity index (χ0) is 30.5. The van der Waals surface area contributed by atoms with Crippen molar-refractivity contribution in [2.75, 3.05) is 66.4 Å². The van der Waals surface area contributed by atoms with Crippen LogP contribution >= 0.6 is 11.3 Å². The Morgan fingerprint density at radius 1 is 0.795 bits per heavy atom. The van der Waals surface area contributed by atoms with E-state index in [1.165, 1.54) is 11.3 Å². The van der Waals surface area contributed by atoms with Gasteiger partial charge in [0, 0.05) is 66.3 Å². The summed E-state index contributed by atoms with van der Waals surface area (Å²) in [5.41, 5.74) is 5.51. The van der Waals surface area contributed by atoms with Crippen molar-refractivity contribution >= 4 is 50.1 Å². The highest BCUT2D eigenvalue weighted by Gasteiger charge is 2.21. The van der Waals surface area contributed by atoms with Crippen LogP contribution in [0.1, 0.15) is 25.7 Å². The molecule has 228 valence electrons. The predicted molar refractivity (Wildman–Crippen MR) is 173 cm³/mol. The lowest BCUT2D eigenvalue weighted by Crippen LogP contribution is -2.39. The van der Waals surface area contributed by atoms with Gasteiger partial charge in [0.05, 0.1) is 30.4 Å². The van der Waals surface area contributed by atoms with Crippen LogP contribution in [0.3, 0.4) is 0 Å². The van der Waals surface area contributed by atoms with E-state index in [0.717, 1.165) is 43.1 Å². The van der Waals surface area contributed by atoms with Gasteiger partial charge in [0.2, 0.25) is 0 Å². The monoisotopic (exact) mass is 631 g/mol. The number of nitrogens with one attached hydrogen (secondary N) is 2.